The van der Waals surface area contributed by atoms with Gasteiger partial charge in [-0.3, -0.25) is 4.79 Å². The molecule has 0 aliphatic heterocycles. The highest BCUT2D eigenvalue weighted by atomic mass is 16.1. The van der Waals surface area contributed by atoms with Crippen molar-refractivity contribution in [3.8, 4) is 0 Å². The van der Waals surface area contributed by atoms with E-state index in [9.17, 15) is 4.79 Å². The molecule has 2 nitrogen and oxygen atoms in total. The number of pyridine rings is 1. The first-order chi connectivity index (χ1) is 8.33. The highest BCUT2D eigenvalue weighted by Crippen LogP contribution is 2.05. The molecular formula is C15H14NO+. The van der Waals surface area contributed by atoms with E-state index in [0.29, 0.717) is 17.8 Å². The number of benzene rings is 1. The molecule has 1 aromatic carbocycles. The van der Waals surface area contributed by atoms with E-state index in [4.69, 9.17) is 0 Å². The van der Waals surface area contributed by atoms with Crippen LogP contribution in [0.2, 0.25) is 0 Å². The normalized spacial score (nSPS) is 9.88. The van der Waals surface area contributed by atoms with Crippen LogP contribution in [0, 0.1) is 0 Å². The second-order valence-electron chi connectivity index (χ2n) is 3.72. The molecular weight excluding hydrogens is 210 g/mol. The monoisotopic (exact) mass is 224 g/mol. The molecule has 0 aliphatic carbocycles. The van der Waals surface area contributed by atoms with Crippen LogP contribution >= 0.6 is 0 Å². The summed E-state index contributed by atoms with van der Waals surface area (Å²) in [4.78, 5) is 12.3. The van der Waals surface area contributed by atoms with Crippen LogP contribution in [0.25, 0.3) is 0 Å². The molecule has 0 aliphatic rings. The van der Waals surface area contributed by atoms with Crippen LogP contribution in [0.15, 0.2) is 67.4 Å². The van der Waals surface area contributed by atoms with Gasteiger partial charge in [0.1, 0.15) is 0 Å². The summed E-state index contributed by atoms with van der Waals surface area (Å²) in [6, 6.07) is 14.9. The number of aromatic nitrogens is 1. The molecule has 0 N–H and O–H groups in total. The Morgan fingerprint density at radius 1 is 1.12 bits per heavy atom. The Morgan fingerprint density at radius 3 is 2.53 bits per heavy atom. The molecule has 84 valence electrons. The highest BCUT2D eigenvalue weighted by Gasteiger charge is 2.18. The van der Waals surface area contributed by atoms with Crippen molar-refractivity contribution in [3.63, 3.8) is 0 Å². The summed E-state index contributed by atoms with van der Waals surface area (Å²) in [7, 11) is 0. The van der Waals surface area contributed by atoms with Crippen molar-refractivity contribution in [2.45, 2.75) is 6.54 Å². The molecule has 0 saturated carbocycles. The molecule has 0 radical (unpaired) electrons. The first kappa shape index (κ1) is 11.3. The molecule has 17 heavy (non-hydrogen) atoms. The SMILES string of the molecule is C=CC[n+]1ccccc1C(=O)c1ccccc1. The van der Waals surface area contributed by atoms with Crippen molar-refractivity contribution in [2.75, 3.05) is 0 Å². The largest absolute Gasteiger partial charge is 0.282 e. The summed E-state index contributed by atoms with van der Waals surface area (Å²) in [5.41, 5.74) is 1.38. The Bertz CT molecular complexity index is 532. The minimum Gasteiger partial charge on any atom is -0.282 e. The van der Waals surface area contributed by atoms with Crippen LogP contribution < -0.4 is 4.57 Å². The average molecular weight is 224 g/mol. The number of allylic oxidation sites excluding steroid dienone is 1. The predicted octanol–water partition coefficient (Wildman–Crippen LogP) is 2.39. The van der Waals surface area contributed by atoms with Gasteiger partial charge in [-0.1, -0.05) is 36.9 Å². The Hall–Kier alpha value is -2.22. The highest BCUT2D eigenvalue weighted by molar-refractivity contribution is 6.06. The Balaban J connectivity index is 2.40. The summed E-state index contributed by atoms with van der Waals surface area (Å²) in [5, 5.41) is 0. The van der Waals surface area contributed by atoms with Crippen LogP contribution in [0.4, 0.5) is 0 Å². The zero-order valence-electron chi connectivity index (χ0n) is 9.54. The van der Waals surface area contributed by atoms with Gasteiger partial charge in [0, 0.05) is 17.7 Å². The molecule has 0 atom stereocenters. The topological polar surface area (TPSA) is 20.9 Å². The third-order valence-corrected chi connectivity index (χ3v) is 2.54. The molecule has 1 heterocycles. The molecule has 0 bridgehead atoms. The molecule has 0 fully saturated rings. The van der Waals surface area contributed by atoms with Gasteiger partial charge in [0.25, 0.3) is 11.5 Å². The number of carbonyl (C=O) groups is 1. The quantitative estimate of drug-likeness (QED) is 0.444. The number of carbonyl (C=O) groups excluding carboxylic acids is 1. The van der Waals surface area contributed by atoms with Crippen LogP contribution in [-0.2, 0) is 6.54 Å². The van der Waals surface area contributed by atoms with E-state index >= 15 is 0 Å². The van der Waals surface area contributed by atoms with Gasteiger partial charge in [-0.15, -0.1) is 0 Å². The fourth-order valence-electron chi connectivity index (χ4n) is 1.72. The van der Waals surface area contributed by atoms with Crippen molar-refractivity contribution < 1.29 is 9.36 Å². The van der Waals surface area contributed by atoms with Gasteiger partial charge in [-0.2, -0.15) is 4.57 Å². The van der Waals surface area contributed by atoms with Crippen molar-refractivity contribution in [2.24, 2.45) is 0 Å². The molecule has 2 rings (SSSR count). The average Bonchev–Trinajstić information content (AvgIpc) is 2.40. The van der Waals surface area contributed by atoms with Gasteiger partial charge in [-0.25, -0.2) is 0 Å². The smallest absolute Gasteiger partial charge is 0.256 e. The van der Waals surface area contributed by atoms with Gasteiger partial charge in [0.2, 0.25) is 0 Å². The predicted molar refractivity (Wildman–Crippen MR) is 66.7 cm³/mol. The van der Waals surface area contributed by atoms with Crippen molar-refractivity contribution in [1.29, 1.82) is 0 Å². The number of hydrogen-bond donors (Lipinski definition) is 0. The lowest BCUT2D eigenvalue weighted by molar-refractivity contribution is -0.688. The summed E-state index contributed by atoms with van der Waals surface area (Å²) >= 11 is 0. The van der Waals surface area contributed by atoms with Crippen molar-refractivity contribution >= 4 is 5.78 Å². The molecule has 0 amide bonds. The fraction of sp³-hybridized carbons (Fsp3) is 0.0667. The zero-order valence-corrected chi connectivity index (χ0v) is 9.54. The standard InChI is InChI=1S/C15H14NO/c1-2-11-16-12-7-6-10-14(16)15(17)13-8-4-3-5-9-13/h2-10,12H,1,11H2/q+1. The molecule has 0 saturated heterocycles. The number of nitrogens with zero attached hydrogens (tertiary/aromatic N) is 1. The van der Waals surface area contributed by atoms with Gasteiger partial charge in [-0.05, 0) is 12.1 Å². The minimum atomic E-state index is 0.0352. The first-order valence-corrected chi connectivity index (χ1v) is 5.52. The van der Waals surface area contributed by atoms with Gasteiger partial charge in [0.05, 0.1) is 0 Å². The van der Waals surface area contributed by atoms with Gasteiger partial charge >= 0.3 is 0 Å². The van der Waals surface area contributed by atoms with E-state index in [0.717, 1.165) is 0 Å². The Labute approximate surface area is 101 Å². The number of rotatable bonds is 4. The molecule has 0 spiro atoms. The fourth-order valence-corrected chi connectivity index (χ4v) is 1.72. The van der Waals surface area contributed by atoms with E-state index in [-0.39, 0.29) is 5.78 Å². The molecule has 0 unspecified atom stereocenters. The number of ketones is 1. The molecule has 2 heteroatoms. The third kappa shape index (κ3) is 2.48. The second kappa shape index (κ2) is 5.21. The lowest BCUT2D eigenvalue weighted by Crippen LogP contribution is -2.39. The lowest BCUT2D eigenvalue weighted by atomic mass is 10.1. The van der Waals surface area contributed by atoms with E-state index in [1.165, 1.54) is 0 Å². The summed E-state index contributed by atoms with van der Waals surface area (Å²) in [6.45, 7) is 4.33. The van der Waals surface area contributed by atoms with E-state index < -0.39 is 0 Å². The van der Waals surface area contributed by atoms with Crippen LogP contribution in [0.1, 0.15) is 16.1 Å². The summed E-state index contributed by atoms with van der Waals surface area (Å²) in [6.07, 6.45) is 3.67. The Morgan fingerprint density at radius 2 is 1.82 bits per heavy atom. The van der Waals surface area contributed by atoms with E-state index in [1.807, 2.05) is 59.3 Å². The maximum absolute atomic E-state index is 12.3. The third-order valence-electron chi connectivity index (χ3n) is 2.54. The Kier molecular flexibility index (Phi) is 3.46. The van der Waals surface area contributed by atoms with Gasteiger partial charge < -0.3 is 0 Å². The zero-order chi connectivity index (χ0) is 12.1. The van der Waals surface area contributed by atoms with Crippen LogP contribution in [0.5, 0.6) is 0 Å². The minimum absolute atomic E-state index is 0.0352. The molecule has 1 aromatic heterocycles. The van der Waals surface area contributed by atoms with Crippen LogP contribution in [0.3, 0.4) is 0 Å². The summed E-state index contributed by atoms with van der Waals surface area (Å²) < 4.78 is 1.89. The lowest BCUT2D eigenvalue weighted by Gasteiger charge is -2.01. The van der Waals surface area contributed by atoms with E-state index in [1.54, 1.807) is 6.08 Å². The maximum atomic E-state index is 12.3. The maximum Gasteiger partial charge on any atom is 0.256 e. The second-order valence-corrected chi connectivity index (χ2v) is 3.72. The van der Waals surface area contributed by atoms with Crippen molar-refractivity contribution in [1.82, 2.24) is 0 Å². The van der Waals surface area contributed by atoms with E-state index in [2.05, 4.69) is 6.58 Å². The summed E-state index contributed by atoms with van der Waals surface area (Å²) in [5.74, 6) is 0.0352. The number of hydrogen-bond acceptors (Lipinski definition) is 1. The van der Waals surface area contributed by atoms with Crippen LogP contribution in [-0.4, -0.2) is 5.78 Å². The molecule has 2 aromatic rings. The van der Waals surface area contributed by atoms with Gasteiger partial charge in [0.15, 0.2) is 12.7 Å². The van der Waals surface area contributed by atoms with Crippen molar-refractivity contribution in [3.05, 3.63) is 78.6 Å². The first-order valence-electron chi connectivity index (χ1n) is 5.52.